The summed E-state index contributed by atoms with van der Waals surface area (Å²) in [4.78, 5) is 28.8. The van der Waals surface area contributed by atoms with Crippen LogP contribution in [0.25, 0.3) is 0 Å². The molecule has 6 nitrogen and oxygen atoms in total. The molecule has 2 aromatic carbocycles. The van der Waals surface area contributed by atoms with E-state index in [1.807, 2.05) is 38.1 Å². The quantitative estimate of drug-likeness (QED) is 0.258. The summed E-state index contributed by atoms with van der Waals surface area (Å²) >= 11 is 0. The molecule has 0 bridgehead atoms. The van der Waals surface area contributed by atoms with Gasteiger partial charge in [0.1, 0.15) is 11.6 Å². The highest BCUT2D eigenvalue weighted by molar-refractivity contribution is 5.97. The molecular weight excluding hydrogens is 548 g/mol. The van der Waals surface area contributed by atoms with Crippen molar-refractivity contribution in [3.8, 4) is 12.3 Å². The zero-order valence-corrected chi connectivity index (χ0v) is 25.3. The van der Waals surface area contributed by atoms with E-state index in [-0.39, 0.29) is 30.9 Å². The number of hydrogen-bond donors (Lipinski definition) is 3. The van der Waals surface area contributed by atoms with Crippen molar-refractivity contribution in [1.82, 2.24) is 10.2 Å². The van der Waals surface area contributed by atoms with Crippen LogP contribution < -0.4 is 11.1 Å². The summed E-state index contributed by atoms with van der Waals surface area (Å²) in [6.07, 6.45) is 9.71. The first-order chi connectivity index (χ1) is 20.5. The van der Waals surface area contributed by atoms with Crippen LogP contribution in [0.1, 0.15) is 56.7 Å². The summed E-state index contributed by atoms with van der Waals surface area (Å²) in [5, 5.41) is 14.9. The van der Waals surface area contributed by atoms with Gasteiger partial charge < -0.3 is 21.1 Å². The number of nitrogens with two attached hydrogens (primary N) is 1. The number of benzene rings is 2. The number of nitrogens with zero attached hydrogens (tertiary/aromatic N) is 1. The van der Waals surface area contributed by atoms with Gasteiger partial charge in [-0.3, -0.25) is 9.59 Å². The molecule has 2 amide bonds. The highest BCUT2D eigenvalue weighted by Gasteiger charge is 2.48. The smallest absolute Gasteiger partial charge is 0.249 e. The molecule has 0 aromatic heterocycles. The number of carbonyl (C=O) groups excluding carboxylic acids is 2. The molecular formula is C35H43F2N3O3. The first kappa shape index (κ1) is 33.7. The van der Waals surface area contributed by atoms with Crippen molar-refractivity contribution in [3.05, 3.63) is 94.1 Å². The van der Waals surface area contributed by atoms with Crippen molar-refractivity contribution in [2.75, 3.05) is 19.6 Å². The normalized spacial score (nSPS) is 17.8. The fourth-order valence-corrected chi connectivity index (χ4v) is 6.03. The Kier molecular flexibility index (Phi) is 12.2. The van der Waals surface area contributed by atoms with Crippen LogP contribution in [0.5, 0.6) is 0 Å². The van der Waals surface area contributed by atoms with Crippen molar-refractivity contribution < 1.29 is 23.5 Å². The largest absolute Gasteiger partial charge is 0.391 e. The molecule has 0 radical (unpaired) electrons. The van der Waals surface area contributed by atoms with E-state index >= 15 is 0 Å². The van der Waals surface area contributed by atoms with Gasteiger partial charge in [0.25, 0.3) is 0 Å². The molecule has 3 atom stereocenters. The average Bonchev–Trinajstić information content (AvgIpc) is 2.94. The Morgan fingerprint density at radius 1 is 1.09 bits per heavy atom. The lowest BCUT2D eigenvalue weighted by molar-refractivity contribution is -0.132. The lowest BCUT2D eigenvalue weighted by Crippen LogP contribution is -2.51. The summed E-state index contributed by atoms with van der Waals surface area (Å²) < 4.78 is 28.5. The molecule has 0 spiro atoms. The van der Waals surface area contributed by atoms with Gasteiger partial charge in [0.15, 0.2) is 0 Å². The number of rotatable bonds is 15. The van der Waals surface area contributed by atoms with Crippen LogP contribution in [0.4, 0.5) is 8.78 Å². The number of allylic oxidation sites excluding steroid dienone is 2. The summed E-state index contributed by atoms with van der Waals surface area (Å²) in [5.41, 5.74) is 7.93. The number of carbonyl (C=O) groups is 2. The lowest BCUT2D eigenvalue weighted by Gasteiger charge is -2.42. The minimum absolute atomic E-state index is 0.0317. The van der Waals surface area contributed by atoms with Crippen LogP contribution in [-0.4, -0.2) is 47.6 Å². The zero-order valence-electron chi connectivity index (χ0n) is 25.3. The van der Waals surface area contributed by atoms with Crippen molar-refractivity contribution >= 4 is 11.8 Å². The third-order valence-corrected chi connectivity index (χ3v) is 7.86. The van der Waals surface area contributed by atoms with Gasteiger partial charge in [-0.2, -0.15) is 0 Å². The predicted octanol–water partition coefficient (Wildman–Crippen LogP) is 4.85. The van der Waals surface area contributed by atoms with E-state index in [1.54, 1.807) is 24.0 Å². The molecule has 1 aliphatic rings. The zero-order chi connectivity index (χ0) is 31.6. The first-order valence-corrected chi connectivity index (χ1v) is 14.9. The van der Waals surface area contributed by atoms with E-state index in [0.29, 0.717) is 37.2 Å². The third kappa shape index (κ3) is 8.85. The van der Waals surface area contributed by atoms with E-state index in [2.05, 4.69) is 11.2 Å². The van der Waals surface area contributed by atoms with E-state index in [9.17, 15) is 23.5 Å². The summed E-state index contributed by atoms with van der Waals surface area (Å²) in [7, 11) is 0. The van der Waals surface area contributed by atoms with Crippen LogP contribution in [0.3, 0.4) is 0 Å². The Morgan fingerprint density at radius 3 is 2.35 bits per heavy atom. The molecule has 230 valence electrons. The van der Waals surface area contributed by atoms with Gasteiger partial charge in [-0.1, -0.05) is 55.8 Å². The van der Waals surface area contributed by atoms with Gasteiger partial charge in [0.05, 0.1) is 11.5 Å². The number of amides is 2. The number of halogens is 2. The molecule has 0 fully saturated rings. The number of terminal acetylenes is 1. The number of aliphatic hydroxyl groups excluding tert-OH is 1. The molecule has 43 heavy (non-hydrogen) atoms. The molecule has 0 saturated carbocycles. The van der Waals surface area contributed by atoms with E-state index in [0.717, 1.165) is 30.0 Å². The summed E-state index contributed by atoms with van der Waals surface area (Å²) in [6, 6.07) is 10.9. The molecule has 0 heterocycles. The summed E-state index contributed by atoms with van der Waals surface area (Å²) in [5.74, 6) is -0.700. The van der Waals surface area contributed by atoms with Crippen LogP contribution >= 0.6 is 0 Å². The van der Waals surface area contributed by atoms with Crippen molar-refractivity contribution in [1.29, 1.82) is 0 Å². The Labute approximate surface area is 254 Å². The van der Waals surface area contributed by atoms with Gasteiger partial charge in [0.2, 0.25) is 11.8 Å². The molecule has 3 rings (SSSR count). The minimum Gasteiger partial charge on any atom is -0.391 e. The topological polar surface area (TPSA) is 95.7 Å². The van der Waals surface area contributed by atoms with E-state index in [4.69, 9.17) is 12.2 Å². The molecule has 0 saturated heterocycles. The maximum absolute atomic E-state index is 14.2. The van der Waals surface area contributed by atoms with Gasteiger partial charge in [0, 0.05) is 50.2 Å². The Hall–Kier alpha value is -3.80. The van der Waals surface area contributed by atoms with Crippen molar-refractivity contribution in [2.24, 2.45) is 17.1 Å². The van der Waals surface area contributed by atoms with Crippen LogP contribution in [-0.2, 0) is 29.0 Å². The molecule has 4 N–H and O–H groups in total. The number of hydrogen-bond acceptors (Lipinski definition) is 4. The maximum Gasteiger partial charge on any atom is 0.249 e. The standard InChI is InChI=1S/C35H43F2N3O3/c1-5-9-25-10-8-11-26(15-25)22-39-23-32(41)31(18-27-16-29(36)19-30(37)17-27)35(34(38)43)20-24(4)14-28(21-35)33(42)40(12-6-2)13-7-3/h1,8,10-11,14-17,19-20,31-32,39,41H,6-7,9,12-13,18,21-23H2,2-4H3,(H2,38,43)/t31-,32+,35?/m1/s1. The van der Waals surface area contributed by atoms with Crippen molar-refractivity contribution in [2.45, 2.75) is 65.5 Å². The average molecular weight is 592 g/mol. The Balaban J connectivity index is 1.97. The number of aliphatic hydroxyl groups is 1. The highest BCUT2D eigenvalue weighted by Crippen LogP contribution is 2.44. The van der Waals surface area contributed by atoms with Gasteiger partial charge in [-0.05, 0) is 61.4 Å². The monoisotopic (exact) mass is 591 g/mol. The molecule has 8 heteroatoms. The van der Waals surface area contributed by atoms with Crippen LogP contribution in [0.2, 0.25) is 0 Å². The first-order valence-electron chi connectivity index (χ1n) is 14.9. The number of primary amides is 1. The predicted molar refractivity (Wildman–Crippen MR) is 165 cm³/mol. The molecule has 0 aliphatic heterocycles. The Bertz CT molecular complexity index is 1370. The Morgan fingerprint density at radius 2 is 1.74 bits per heavy atom. The lowest BCUT2D eigenvalue weighted by atomic mass is 9.63. The molecule has 2 aromatic rings. The van der Waals surface area contributed by atoms with E-state index in [1.165, 1.54) is 12.1 Å². The van der Waals surface area contributed by atoms with Gasteiger partial charge >= 0.3 is 0 Å². The fourth-order valence-electron chi connectivity index (χ4n) is 6.03. The van der Waals surface area contributed by atoms with E-state index < -0.39 is 35.0 Å². The van der Waals surface area contributed by atoms with Crippen LogP contribution in [0.15, 0.2) is 65.8 Å². The SMILES string of the molecule is C#CCc1cccc(CNC[C@H](O)[C@@H](Cc2cc(F)cc(F)c2)C2(C(N)=O)C=C(C)C=C(C(=O)N(CCC)CCC)C2)c1. The van der Waals surface area contributed by atoms with Gasteiger partial charge in [-0.25, -0.2) is 8.78 Å². The second kappa shape index (κ2) is 15.6. The molecule has 1 aliphatic carbocycles. The second-order valence-corrected chi connectivity index (χ2v) is 11.4. The number of nitrogens with one attached hydrogen (secondary N) is 1. The van der Waals surface area contributed by atoms with Crippen molar-refractivity contribution in [3.63, 3.8) is 0 Å². The summed E-state index contributed by atoms with van der Waals surface area (Å²) in [6.45, 7) is 7.38. The third-order valence-electron chi connectivity index (χ3n) is 7.86. The minimum atomic E-state index is -1.48. The molecule has 1 unspecified atom stereocenters. The van der Waals surface area contributed by atoms with Crippen LogP contribution in [0, 0.1) is 35.3 Å². The van der Waals surface area contributed by atoms with Gasteiger partial charge in [-0.15, -0.1) is 12.3 Å². The maximum atomic E-state index is 14.2. The fraction of sp³-hybridized carbons (Fsp3) is 0.429. The second-order valence-electron chi connectivity index (χ2n) is 11.4. The highest BCUT2D eigenvalue weighted by atomic mass is 19.1.